The molecule has 0 saturated carbocycles. The van der Waals surface area contributed by atoms with Crippen LogP contribution in [0.5, 0.6) is 0 Å². The first-order chi connectivity index (χ1) is 34.0. The highest BCUT2D eigenvalue weighted by atomic mass is 16.5. The Morgan fingerprint density at radius 1 is 0.391 bits per heavy atom. The van der Waals surface area contributed by atoms with E-state index in [4.69, 9.17) is 4.74 Å². The van der Waals surface area contributed by atoms with Crippen LogP contribution in [-0.2, 0) is 14.3 Å². The second-order valence-corrected chi connectivity index (χ2v) is 21.4. The molecule has 69 heavy (non-hydrogen) atoms. The van der Waals surface area contributed by atoms with Crippen LogP contribution in [0, 0.1) is 0 Å². The third-order valence-electron chi connectivity index (χ3n) is 14.5. The van der Waals surface area contributed by atoms with E-state index in [0.717, 1.165) is 44.9 Å². The molecule has 6 nitrogen and oxygen atoms in total. The quantitative estimate of drug-likeness (QED) is 0.0321. The number of carbonyl (C=O) groups is 2. The Labute approximate surface area is 431 Å². The Morgan fingerprint density at radius 2 is 0.681 bits per heavy atom. The fraction of sp³-hybridized carbons (Fsp3) is 0.905. The summed E-state index contributed by atoms with van der Waals surface area (Å²) in [5.41, 5.74) is 0. The van der Waals surface area contributed by atoms with Gasteiger partial charge in [0.05, 0.1) is 25.4 Å². The molecule has 0 spiro atoms. The fourth-order valence-electron chi connectivity index (χ4n) is 9.69. The van der Waals surface area contributed by atoms with Crippen molar-refractivity contribution in [2.45, 2.75) is 353 Å². The van der Waals surface area contributed by atoms with Crippen LogP contribution in [0.4, 0.5) is 0 Å². The summed E-state index contributed by atoms with van der Waals surface area (Å²) in [6.45, 7) is 4.90. The number of allylic oxidation sites excluding steroid dienone is 3. The van der Waals surface area contributed by atoms with Crippen LogP contribution in [-0.4, -0.2) is 47.4 Å². The van der Waals surface area contributed by atoms with Gasteiger partial charge in [0.1, 0.15) is 0 Å². The van der Waals surface area contributed by atoms with Crippen molar-refractivity contribution >= 4 is 11.9 Å². The minimum Gasteiger partial charge on any atom is -0.466 e. The van der Waals surface area contributed by atoms with Crippen molar-refractivity contribution in [2.24, 2.45) is 0 Å². The van der Waals surface area contributed by atoms with Gasteiger partial charge in [-0.3, -0.25) is 9.59 Å². The summed E-state index contributed by atoms with van der Waals surface area (Å²) in [6.07, 6.45) is 72.1. The average molecular weight is 973 g/mol. The van der Waals surface area contributed by atoms with E-state index in [1.54, 1.807) is 6.08 Å². The van der Waals surface area contributed by atoms with E-state index in [1.807, 2.05) is 6.08 Å². The molecule has 0 rings (SSSR count). The van der Waals surface area contributed by atoms with Gasteiger partial charge in [0, 0.05) is 12.8 Å². The van der Waals surface area contributed by atoms with Crippen molar-refractivity contribution in [1.82, 2.24) is 5.32 Å². The normalized spacial score (nSPS) is 12.7. The molecule has 2 unspecified atom stereocenters. The predicted molar refractivity (Wildman–Crippen MR) is 301 cm³/mol. The predicted octanol–water partition coefficient (Wildman–Crippen LogP) is 19.4. The molecular weight excluding hydrogens is 851 g/mol. The van der Waals surface area contributed by atoms with E-state index >= 15 is 0 Å². The summed E-state index contributed by atoms with van der Waals surface area (Å²) in [7, 11) is 0. The van der Waals surface area contributed by atoms with Crippen molar-refractivity contribution in [3.05, 3.63) is 24.3 Å². The van der Waals surface area contributed by atoms with Crippen LogP contribution >= 0.6 is 0 Å². The Morgan fingerprint density at radius 3 is 1.06 bits per heavy atom. The third-order valence-corrected chi connectivity index (χ3v) is 14.5. The van der Waals surface area contributed by atoms with E-state index in [-0.39, 0.29) is 18.5 Å². The number of ether oxygens (including phenoxy) is 1. The standard InChI is InChI=1S/C63H121NO5/c1-3-5-7-9-11-13-15-17-18-19-23-26-29-32-35-39-43-47-51-55-61(66)60(59-65)64-62(67)56-52-48-44-40-36-33-30-27-24-21-20-22-25-28-31-34-38-42-46-50-54-58-69-63(68)57-53-49-45-41-37-16-14-12-10-8-6-4-2/h12,14,51,55,60-61,65-66H,3-11,13,15-50,52-54,56-59H2,1-2H3,(H,64,67)/b14-12-,55-51+. The zero-order valence-electron chi connectivity index (χ0n) is 46.6. The summed E-state index contributed by atoms with van der Waals surface area (Å²) in [4.78, 5) is 24.5. The van der Waals surface area contributed by atoms with Crippen molar-refractivity contribution in [3.63, 3.8) is 0 Å². The third kappa shape index (κ3) is 55.5. The topological polar surface area (TPSA) is 95.9 Å². The van der Waals surface area contributed by atoms with Crippen molar-refractivity contribution in [1.29, 1.82) is 0 Å². The largest absolute Gasteiger partial charge is 0.466 e. The Kier molecular flexibility index (Phi) is 57.5. The maximum Gasteiger partial charge on any atom is 0.305 e. The first kappa shape index (κ1) is 67.3. The van der Waals surface area contributed by atoms with Crippen LogP contribution in [0.15, 0.2) is 24.3 Å². The smallest absolute Gasteiger partial charge is 0.305 e. The van der Waals surface area contributed by atoms with E-state index in [2.05, 4.69) is 31.3 Å². The van der Waals surface area contributed by atoms with Gasteiger partial charge in [-0.15, -0.1) is 0 Å². The average Bonchev–Trinajstić information content (AvgIpc) is 3.35. The van der Waals surface area contributed by atoms with Crippen molar-refractivity contribution in [3.8, 4) is 0 Å². The molecule has 0 aliphatic carbocycles. The maximum atomic E-state index is 12.5. The van der Waals surface area contributed by atoms with Crippen molar-refractivity contribution in [2.75, 3.05) is 13.2 Å². The number of nitrogens with one attached hydrogen (secondary N) is 1. The summed E-state index contributed by atoms with van der Waals surface area (Å²) < 4.78 is 5.47. The number of esters is 1. The van der Waals surface area contributed by atoms with Gasteiger partial charge in [-0.1, -0.05) is 295 Å². The lowest BCUT2D eigenvalue weighted by molar-refractivity contribution is -0.143. The molecule has 0 aromatic carbocycles. The zero-order valence-corrected chi connectivity index (χ0v) is 46.6. The lowest BCUT2D eigenvalue weighted by Crippen LogP contribution is -2.45. The highest BCUT2D eigenvalue weighted by molar-refractivity contribution is 5.76. The zero-order chi connectivity index (χ0) is 50.0. The first-order valence-electron chi connectivity index (χ1n) is 31.1. The fourth-order valence-corrected chi connectivity index (χ4v) is 9.69. The molecule has 408 valence electrons. The minimum absolute atomic E-state index is 0.00164. The number of unbranched alkanes of at least 4 members (excludes halogenated alkanes) is 45. The molecule has 2 atom stereocenters. The summed E-state index contributed by atoms with van der Waals surface area (Å²) >= 11 is 0. The van der Waals surface area contributed by atoms with Gasteiger partial charge in [-0.05, 0) is 57.8 Å². The molecule has 0 bridgehead atoms. The maximum absolute atomic E-state index is 12.5. The Balaban J connectivity index is 3.42. The molecule has 0 aromatic rings. The van der Waals surface area contributed by atoms with E-state index < -0.39 is 12.1 Å². The van der Waals surface area contributed by atoms with Crippen LogP contribution in [0.3, 0.4) is 0 Å². The van der Waals surface area contributed by atoms with Crippen LogP contribution in [0.2, 0.25) is 0 Å². The van der Waals surface area contributed by atoms with Crippen LogP contribution in [0.1, 0.15) is 341 Å². The molecule has 0 aromatic heterocycles. The number of rotatable bonds is 58. The lowest BCUT2D eigenvalue weighted by Gasteiger charge is -2.20. The van der Waals surface area contributed by atoms with Gasteiger partial charge in [-0.2, -0.15) is 0 Å². The Bertz CT molecular complexity index is 1080. The van der Waals surface area contributed by atoms with Gasteiger partial charge in [0.15, 0.2) is 0 Å². The van der Waals surface area contributed by atoms with Crippen LogP contribution < -0.4 is 5.32 Å². The molecule has 0 heterocycles. The van der Waals surface area contributed by atoms with Gasteiger partial charge in [0.25, 0.3) is 0 Å². The molecule has 3 N–H and O–H groups in total. The summed E-state index contributed by atoms with van der Waals surface area (Å²) in [5.74, 6) is -0.0646. The first-order valence-corrected chi connectivity index (χ1v) is 31.1. The van der Waals surface area contributed by atoms with Gasteiger partial charge < -0.3 is 20.3 Å². The van der Waals surface area contributed by atoms with Crippen molar-refractivity contribution < 1.29 is 24.5 Å². The highest BCUT2D eigenvalue weighted by Crippen LogP contribution is 2.18. The number of amides is 1. The molecule has 0 saturated heterocycles. The summed E-state index contributed by atoms with van der Waals surface area (Å²) in [6, 6.07) is -0.629. The van der Waals surface area contributed by atoms with E-state index in [1.165, 1.54) is 270 Å². The van der Waals surface area contributed by atoms with Gasteiger partial charge in [0.2, 0.25) is 5.91 Å². The summed E-state index contributed by atoms with van der Waals surface area (Å²) in [5, 5.41) is 23.2. The molecule has 0 fully saturated rings. The highest BCUT2D eigenvalue weighted by Gasteiger charge is 2.18. The molecule has 1 amide bonds. The minimum atomic E-state index is -0.845. The lowest BCUT2D eigenvalue weighted by atomic mass is 10.0. The molecule has 0 aliphatic rings. The Hall–Kier alpha value is -1.66. The molecule has 6 heteroatoms. The monoisotopic (exact) mass is 972 g/mol. The second-order valence-electron chi connectivity index (χ2n) is 21.4. The number of carbonyl (C=O) groups excluding carboxylic acids is 2. The van der Waals surface area contributed by atoms with Gasteiger partial charge in [-0.25, -0.2) is 0 Å². The number of hydrogen-bond acceptors (Lipinski definition) is 5. The van der Waals surface area contributed by atoms with E-state index in [9.17, 15) is 19.8 Å². The molecular formula is C63H121NO5. The second kappa shape index (κ2) is 58.9. The van der Waals surface area contributed by atoms with Crippen LogP contribution in [0.25, 0.3) is 0 Å². The van der Waals surface area contributed by atoms with E-state index in [0.29, 0.717) is 19.4 Å². The SMILES string of the molecule is CCCCC/C=C\CCCCCCCC(=O)OCCCCCCCCCCCCCCCCCCCCCCCC(=O)NC(CO)C(O)/C=C/CCCCCCCCCCCCCCCCCCC. The number of aliphatic hydroxyl groups excluding tert-OH is 2. The number of hydrogen-bond donors (Lipinski definition) is 3. The molecule has 0 radical (unpaired) electrons. The number of aliphatic hydroxyl groups is 2. The molecule has 0 aliphatic heterocycles. The van der Waals surface area contributed by atoms with Gasteiger partial charge >= 0.3 is 5.97 Å².